The average Bonchev–Trinajstić information content (AvgIpc) is 2.16. The second-order valence-electron chi connectivity index (χ2n) is 3.40. The Hall–Kier alpha value is -0.650. The molecule has 0 bridgehead atoms. The first kappa shape index (κ1) is 13.4. The maximum atomic E-state index is 12.9. The van der Waals surface area contributed by atoms with Crippen molar-refractivity contribution in [2.45, 2.75) is 13.0 Å². The van der Waals surface area contributed by atoms with Gasteiger partial charge in [-0.1, -0.05) is 12.1 Å². The first-order valence-corrected chi connectivity index (χ1v) is 6.95. The summed E-state index contributed by atoms with van der Waals surface area (Å²) in [6.07, 6.45) is 0. The highest BCUT2D eigenvalue weighted by atomic mass is 35.5. The molecule has 0 saturated carbocycles. The number of sulfonamides is 1. The Morgan fingerprint density at radius 3 is 2.75 bits per heavy atom. The van der Waals surface area contributed by atoms with Gasteiger partial charge in [0.2, 0.25) is 10.0 Å². The number of hydrogen-bond acceptors (Lipinski definition) is 2. The number of hydrogen-bond donors (Lipinski definition) is 1. The number of halogens is 2. The van der Waals surface area contributed by atoms with Crippen molar-refractivity contribution >= 4 is 21.6 Å². The molecule has 16 heavy (non-hydrogen) atoms. The summed E-state index contributed by atoms with van der Waals surface area (Å²) in [6, 6.07) is 5.34. The van der Waals surface area contributed by atoms with Crippen LogP contribution in [-0.2, 0) is 10.0 Å². The highest BCUT2D eigenvalue weighted by molar-refractivity contribution is 7.89. The molecule has 0 fully saturated rings. The molecule has 1 aromatic carbocycles. The van der Waals surface area contributed by atoms with E-state index in [-0.39, 0.29) is 17.5 Å². The molecule has 1 rings (SSSR count). The Labute approximate surface area is 99.7 Å². The predicted octanol–water partition coefficient (Wildman–Crippen LogP) is 2.04. The van der Waals surface area contributed by atoms with Crippen molar-refractivity contribution in [1.82, 2.24) is 4.72 Å². The SMILES string of the molecule is CC(NS(=O)(=O)CCCl)c1cccc(F)c1. The molecule has 0 aliphatic carbocycles. The molecule has 1 aromatic rings. The lowest BCUT2D eigenvalue weighted by atomic mass is 10.1. The summed E-state index contributed by atoms with van der Waals surface area (Å²) in [5.41, 5.74) is 0.582. The van der Waals surface area contributed by atoms with E-state index in [1.165, 1.54) is 18.2 Å². The molecule has 0 aliphatic heterocycles. The standard InChI is InChI=1S/C10H13ClFNO2S/c1-8(13-16(14,15)6-5-11)9-3-2-4-10(12)7-9/h2-4,7-8,13H,5-6H2,1H3. The summed E-state index contributed by atoms with van der Waals surface area (Å²) in [7, 11) is -3.40. The summed E-state index contributed by atoms with van der Waals surface area (Å²) < 4.78 is 38.2. The Balaban J connectivity index is 2.76. The van der Waals surface area contributed by atoms with E-state index < -0.39 is 16.1 Å². The Kier molecular flexibility index (Phi) is 4.70. The van der Waals surface area contributed by atoms with Crippen molar-refractivity contribution in [3.05, 3.63) is 35.6 Å². The third-order valence-electron chi connectivity index (χ3n) is 2.05. The molecule has 1 atom stereocenters. The highest BCUT2D eigenvalue weighted by Crippen LogP contribution is 2.14. The van der Waals surface area contributed by atoms with Crippen molar-refractivity contribution in [3.8, 4) is 0 Å². The average molecular weight is 266 g/mol. The van der Waals surface area contributed by atoms with Crippen LogP contribution in [0.4, 0.5) is 4.39 Å². The van der Waals surface area contributed by atoms with E-state index >= 15 is 0 Å². The van der Waals surface area contributed by atoms with E-state index in [9.17, 15) is 12.8 Å². The molecule has 90 valence electrons. The molecular weight excluding hydrogens is 253 g/mol. The van der Waals surface area contributed by atoms with E-state index in [0.717, 1.165) is 0 Å². The van der Waals surface area contributed by atoms with Crippen molar-refractivity contribution in [3.63, 3.8) is 0 Å². The molecule has 0 heterocycles. The predicted molar refractivity (Wildman–Crippen MR) is 62.5 cm³/mol. The van der Waals surface area contributed by atoms with Crippen molar-refractivity contribution < 1.29 is 12.8 Å². The molecule has 0 aliphatic rings. The molecule has 0 saturated heterocycles. The smallest absolute Gasteiger partial charge is 0.212 e. The van der Waals surface area contributed by atoms with Crippen molar-refractivity contribution in [2.24, 2.45) is 0 Å². The largest absolute Gasteiger partial charge is 0.213 e. The van der Waals surface area contributed by atoms with Crippen molar-refractivity contribution in [1.29, 1.82) is 0 Å². The normalized spacial score (nSPS) is 13.7. The minimum absolute atomic E-state index is 0.0329. The van der Waals surface area contributed by atoms with Crippen LogP contribution in [0.5, 0.6) is 0 Å². The van der Waals surface area contributed by atoms with Gasteiger partial charge in [-0.05, 0) is 24.6 Å². The van der Waals surface area contributed by atoms with Gasteiger partial charge in [0.1, 0.15) is 5.82 Å². The number of nitrogens with one attached hydrogen (secondary N) is 1. The molecular formula is C10H13ClFNO2S. The maximum absolute atomic E-state index is 12.9. The fourth-order valence-electron chi connectivity index (χ4n) is 1.27. The van der Waals surface area contributed by atoms with Crippen LogP contribution >= 0.6 is 11.6 Å². The summed E-state index contributed by atoms with van der Waals surface area (Å²) in [4.78, 5) is 0. The van der Waals surface area contributed by atoms with Gasteiger partial charge in [-0.25, -0.2) is 17.5 Å². The second kappa shape index (κ2) is 5.61. The summed E-state index contributed by atoms with van der Waals surface area (Å²) >= 11 is 5.36. The third-order valence-corrected chi connectivity index (χ3v) is 3.92. The van der Waals surface area contributed by atoms with Crippen molar-refractivity contribution in [2.75, 3.05) is 11.6 Å². The third kappa shape index (κ3) is 4.08. The van der Waals surface area contributed by atoms with Gasteiger partial charge in [-0.2, -0.15) is 0 Å². The molecule has 0 aromatic heterocycles. The van der Waals surface area contributed by atoms with Gasteiger partial charge >= 0.3 is 0 Å². The van der Waals surface area contributed by atoms with Crippen LogP contribution in [0.2, 0.25) is 0 Å². The lowest BCUT2D eigenvalue weighted by Crippen LogP contribution is -2.29. The van der Waals surface area contributed by atoms with E-state index in [2.05, 4.69) is 4.72 Å². The van der Waals surface area contributed by atoms with E-state index in [1.54, 1.807) is 13.0 Å². The molecule has 0 spiro atoms. The lowest BCUT2D eigenvalue weighted by Gasteiger charge is -2.13. The zero-order chi connectivity index (χ0) is 12.2. The molecule has 3 nitrogen and oxygen atoms in total. The van der Waals surface area contributed by atoms with Crippen LogP contribution in [0, 0.1) is 5.82 Å². The minimum Gasteiger partial charge on any atom is -0.212 e. The van der Waals surface area contributed by atoms with Crippen LogP contribution in [0.25, 0.3) is 0 Å². The van der Waals surface area contributed by atoms with Gasteiger partial charge in [0.15, 0.2) is 0 Å². The van der Waals surface area contributed by atoms with Crippen LogP contribution in [0.15, 0.2) is 24.3 Å². The van der Waals surface area contributed by atoms with E-state index in [1.807, 2.05) is 0 Å². The number of alkyl halides is 1. The minimum atomic E-state index is -3.40. The second-order valence-corrected chi connectivity index (χ2v) is 5.65. The Morgan fingerprint density at radius 2 is 2.19 bits per heavy atom. The fourth-order valence-corrected chi connectivity index (χ4v) is 2.88. The van der Waals surface area contributed by atoms with Gasteiger partial charge in [-0.15, -0.1) is 11.6 Å². The van der Waals surface area contributed by atoms with Gasteiger partial charge in [0.05, 0.1) is 5.75 Å². The number of benzene rings is 1. The fraction of sp³-hybridized carbons (Fsp3) is 0.400. The van der Waals surface area contributed by atoms with Gasteiger partial charge in [-0.3, -0.25) is 0 Å². The zero-order valence-electron chi connectivity index (χ0n) is 8.78. The quantitative estimate of drug-likeness (QED) is 0.829. The molecule has 1 unspecified atom stereocenters. The highest BCUT2D eigenvalue weighted by Gasteiger charge is 2.15. The van der Waals surface area contributed by atoms with Crippen LogP contribution < -0.4 is 4.72 Å². The Morgan fingerprint density at radius 1 is 1.50 bits per heavy atom. The maximum Gasteiger partial charge on any atom is 0.213 e. The van der Waals surface area contributed by atoms with Crippen LogP contribution in [-0.4, -0.2) is 20.1 Å². The monoisotopic (exact) mass is 265 g/mol. The molecule has 6 heteroatoms. The molecule has 0 amide bonds. The topological polar surface area (TPSA) is 46.2 Å². The summed E-state index contributed by atoms with van der Waals surface area (Å²) in [5.74, 6) is -0.500. The Bertz CT molecular complexity index is 450. The van der Waals surface area contributed by atoms with E-state index in [4.69, 9.17) is 11.6 Å². The summed E-state index contributed by atoms with van der Waals surface area (Å²) in [6.45, 7) is 1.65. The first-order valence-electron chi connectivity index (χ1n) is 4.76. The van der Waals surface area contributed by atoms with Gasteiger partial charge in [0, 0.05) is 11.9 Å². The first-order chi connectivity index (χ1) is 7.44. The van der Waals surface area contributed by atoms with E-state index in [0.29, 0.717) is 5.56 Å². The van der Waals surface area contributed by atoms with Crippen LogP contribution in [0.1, 0.15) is 18.5 Å². The number of rotatable bonds is 5. The van der Waals surface area contributed by atoms with Crippen LogP contribution in [0.3, 0.4) is 0 Å². The van der Waals surface area contributed by atoms with Gasteiger partial charge in [0.25, 0.3) is 0 Å². The summed E-state index contributed by atoms with van der Waals surface area (Å²) in [5, 5.41) is 0. The molecule has 1 N–H and O–H groups in total. The molecule has 0 radical (unpaired) electrons. The van der Waals surface area contributed by atoms with Gasteiger partial charge < -0.3 is 0 Å². The lowest BCUT2D eigenvalue weighted by molar-refractivity contribution is 0.566. The zero-order valence-corrected chi connectivity index (χ0v) is 10.4.